The Bertz CT molecular complexity index is 354. The summed E-state index contributed by atoms with van der Waals surface area (Å²) in [4.78, 5) is 20.3. The Labute approximate surface area is 103 Å². The molecule has 0 aromatic rings. The van der Waals surface area contributed by atoms with Crippen molar-refractivity contribution in [3.63, 3.8) is 0 Å². The molecule has 0 bridgehead atoms. The first-order valence-corrected chi connectivity index (χ1v) is 5.44. The van der Waals surface area contributed by atoms with Gasteiger partial charge in [0.05, 0.1) is 12.7 Å². The van der Waals surface area contributed by atoms with Crippen LogP contribution in [0.2, 0.25) is 0 Å². The molecule has 0 spiro atoms. The van der Waals surface area contributed by atoms with Gasteiger partial charge in [0.2, 0.25) is 11.9 Å². The molecule has 0 aliphatic carbocycles. The second-order valence-corrected chi connectivity index (χ2v) is 4.35. The number of aliphatic carboxylic acids is 2. The number of quaternary nitrogens is 1. The summed E-state index contributed by atoms with van der Waals surface area (Å²) in [5, 5.41) is 25.5. The molecule has 94 valence electrons. The lowest BCUT2D eigenvalue weighted by Gasteiger charge is -2.24. The quantitative estimate of drug-likeness (QED) is 0.322. The largest absolute Gasteiger partial charge is 0.473 e. The van der Waals surface area contributed by atoms with Crippen LogP contribution < -0.4 is 0 Å². The van der Waals surface area contributed by atoms with Crippen LogP contribution in [0.5, 0.6) is 0 Å². The van der Waals surface area contributed by atoms with Crippen molar-refractivity contribution < 1.29 is 23.7 Å². The van der Waals surface area contributed by atoms with Crippen molar-refractivity contribution in [2.24, 2.45) is 0 Å². The van der Waals surface area contributed by atoms with Crippen molar-refractivity contribution in [2.75, 3.05) is 20.3 Å². The van der Waals surface area contributed by atoms with E-state index in [1.807, 2.05) is 13.2 Å². The lowest BCUT2D eigenvalue weighted by Crippen LogP contribution is -2.36. The lowest BCUT2D eigenvalue weighted by molar-refractivity contribution is -0.739. The van der Waals surface area contributed by atoms with Crippen LogP contribution in [0.15, 0.2) is 12.4 Å². The number of carbonyl (C=O) groups is 2. The third-order valence-corrected chi connectivity index (χ3v) is 2.94. The standard InChI is InChI=1S/C7H12N3S.C2H2O4/c1-3-10(11-6-8)5-4-9(2)7-10;3-1(4)2(5)6/h4-5H,3,7H2,1-2H3;(H,3,4)(H,5,6)/q+1;. The van der Waals surface area contributed by atoms with Crippen LogP contribution in [0.4, 0.5) is 0 Å². The Balaban J connectivity index is 0.000000366. The highest BCUT2D eigenvalue weighted by Gasteiger charge is 2.30. The molecule has 17 heavy (non-hydrogen) atoms. The van der Waals surface area contributed by atoms with Crippen LogP contribution in [0, 0.1) is 10.7 Å². The zero-order chi connectivity index (χ0) is 13.5. The number of carboxylic acid groups (broad SMARTS) is 2. The molecule has 1 unspecified atom stereocenters. The van der Waals surface area contributed by atoms with Gasteiger partial charge in [0, 0.05) is 7.05 Å². The molecule has 2 N–H and O–H groups in total. The third kappa shape index (κ3) is 5.24. The number of thiocyanates is 1. The summed E-state index contributed by atoms with van der Waals surface area (Å²) in [5.41, 5.74) is 0. The van der Waals surface area contributed by atoms with Crippen LogP contribution in [0.1, 0.15) is 6.92 Å². The van der Waals surface area contributed by atoms with Gasteiger partial charge in [-0.05, 0) is 6.92 Å². The van der Waals surface area contributed by atoms with E-state index >= 15 is 0 Å². The summed E-state index contributed by atoms with van der Waals surface area (Å²) in [6.45, 7) is 3.95. The topological polar surface area (TPSA) is 102 Å². The fourth-order valence-corrected chi connectivity index (χ4v) is 1.76. The van der Waals surface area contributed by atoms with E-state index in [-0.39, 0.29) is 0 Å². The van der Waals surface area contributed by atoms with Crippen molar-refractivity contribution in [3.8, 4) is 5.40 Å². The van der Waals surface area contributed by atoms with Gasteiger partial charge in [-0.1, -0.05) is 0 Å². The smallest absolute Gasteiger partial charge is 0.414 e. The maximum Gasteiger partial charge on any atom is 0.414 e. The summed E-state index contributed by atoms with van der Waals surface area (Å²) in [7, 11) is 2.02. The SMILES string of the molecule is CC[N+]1(SC#N)C=CN(C)C1.O=C(O)C(=O)O. The molecule has 1 aliphatic rings. The van der Waals surface area contributed by atoms with Crippen LogP contribution >= 0.6 is 11.9 Å². The molecule has 1 heterocycles. The van der Waals surface area contributed by atoms with Crippen LogP contribution in [-0.2, 0) is 9.59 Å². The zero-order valence-corrected chi connectivity index (χ0v) is 10.3. The molecule has 0 amide bonds. The maximum atomic E-state index is 9.10. The van der Waals surface area contributed by atoms with Crippen LogP contribution in [0.3, 0.4) is 0 Å². The van der Waals surface area contributed by atoms with E-state index in [9.17, 15) is 0 Å². The third-order valence-electron chi connectivity index (χ3n) is 2.00. The van der Waals surface area contributed by atoms with Gasteiger partial charge < -0.3 is 15.1 Å². The summed E-state index contributed by atoms with van der Waals surface area (Å²) in [5.74, 6) is -3.65. The molecule has 0 saturated carbocycles. The van der Waals surface area contributed by atoms with E-state index in [1.165, 1.54) is 11.9 Å². The van der Waals surface area contributed by atoms with E-state index < -0.39 is 11.9 Å². The fraction of sp³-hybridized carbons (Fsp3) is 0.444. The summed E-state index contributed by atoms with van der Waals surface area (Å²) in [6.07, 6.45) is 4.09. The molecule has 0 fully saturated rings. The normalized spacial score (nSPS) is 21.4. The molecular formula is C9H14N3O4S+. The first kappa shape index (κ1) is 15.3. The highest BCUT2D eigenvalue weighted by Crippen LogP contribution is 2.27. The second-order valence-electron chi connectivity index (χ2n) is 3.26. The van der Waals surface area contributed by atoms with E-state index in [4.69, 9.17) is 25.1 Å². The minimum Gasteiger partial charge on any atom is -0.473 e. The lowest BCUT2D eigenvalue weighted by atomic mass is 10.6. The Hall–Kier alpha value is -1.72. The molecule has 1 atom stereocenters. The minimum atomic E-state index is -1.82. The van der Waals surface area contributed by atoms with Crippen LogP contribution in [0.25, 0.3) is 0 Å². The van der Waals surface area contributed by atoms with Gasteiger partial charge >= 0.3 is 11.9 Å². The average molecular weight is 260 g/mol. The highest BCUT2D eigenvalue weighted by atomic mass is 32.2. The molecule has 1 aliphatic heterocycles. The monoisotopic (exact) mass is 260 g/mol. The Kier molecular flexibility index (Phi) is 6.09. The van der Waals surface area contributed by atoms with E-state index in [0.717, 1.165) is 13.2 Å². The van der Waals surface area contributed by atoms with E-state index in [0.29, 0.717) is 3.89 Å². The van der Waals surface area contributed by atoms with Gasteiger partial charge in [-0.15, -0.1) is 0 Å². The van der Waals surface area contributed by atoms with E-state index in [1.54, 1.807) is 0 Å². The summed E-state index contributed by atoms with van der Waals surface area (Å²) < 4.78 is 0.701. The van der Waals surface area contributed by atoms with Gasteiger partial charge in [0.25, 0.3) is 0 Å². The Morgan fingerprint density at radius 1 is 1.53 bits per heavy atom. The predicted molar refractivity (Wildman–Crippen MR) is 61.0 cm³/mol. The van der Waals surface area contributed by atoms with Gasteiger partial charge in [-0.3, -0.25) is 0 Å². The van der Waals surface area contributed by atoms with Crippen molar-refractivity contribution in [1.29, 1.82) is 5.26 Å². The molecular weight excluding hydrogens is 246 g/mol. The van der Waals surface area contributed by atoms with E-state index in [2.05, 4.69) is 23.4 Å². The molecule has 0 aromatic carbocycles. The van der Waals surface area contributed by atoms with Gasteiger partial charge in [-0.25, -0.2) is 13.5 Å². The van der Waals surface area contributed by atoms with Crippen LogP contribution in [-0.4, -0.2) is 51.2 Å². The zero-order valence-electron chi connectivity index (χ0n) is 9.53. The first-order chi connectivity index (χ1) is 7.87. The van der Waals surface area contributed by atoms with Gasteiger partial charge in [-0.2, -0.15) is 5.26 Å². The first-order valence-electron chi connectivity index (χ1n) is 4.67. The maximum absolute atomic E-state index is 9.10. The molecule has 7 nitrogen and oxygen atoms in total. The van der Waals surface area contributed by atoms with Crippen molar-refractivity contribution >= 4 is 23.9 Å². The van der Waals surface area contributed by atoms with Crippen molar-refractivity contribution in [3.05, 3.63) is 12.4 Å². The average Bonchev–Trinajstić information content (AvgIpc) is 2.62. The number of nitrogens with zero attached hydrogens (tertiary/aromatic N) is 3. The summed E-state index contributed by atoms with van der Waals surface area (Å²) in [6, 6.07) is 0. The highest BCUT2D eigenvalue weighted by molar-refractivity contribution is 7.98. The Morgan fingerprint density at radius 3 is 2.29 bits per heavy atom. The van der Waals surface area contributed by atoms with Crippen molar-refractivity contribution in [2.45, 2.75) is 6.92 Å². The number of carboxylic acids is 2. The molecule has 0 aromatic heterocycles. The number of hydrogen-bond acceptors (Lipinski definition) is 5. The number of nitriles is 1. The molecule has 0 radical (unpaired) electrons. The van der Waals surface area contributed by atoms with Crippen molar-refractivity contribution in [1.82, 2.24) is 4.90 Å². The molecule has 0 saturated heterocycles. The summed E-state index contributed by atoms with van der Waals surface area (Å²) >= 11 is 1.30. The van der Waals surface area contributed by atoms with Gasteiger partial charge in [0.15, 0.2) is 12.1 Å². The Morgan fingerprint density at radius 2 is 2.06 bits per heavy atom. The van der Waals surface area contributed by atoms with Gasteiger partial charge in [0.1, 0.15) is 6.20 Å². The number of hydrogen-bond donors (Lipinski definition) is 2. The molecule has 1 rings (SSSR count). The molecule has 8 heteroatoms. The number of rotatable bonds is 2. The minimum absolute atomic E-state index is 0.701. The second kappa shape index (κ2) is 6.78. The fourth-order valence-electron chi connectivity index (χ4n) is 1.12. The predicted octanol–water partition coefficient (Wildman–Crippen LogP) is 0.482.